The van der Waals surface area contributed by atoms with E-state index in [2.05, 4.69) is 5.32 Å². The SMILES string of the molecule is O=C(CN1CCCc2ccccc21)Nc1cc(C(F)(F)F)ccc1Cl. The molecule has 0 saturated carbocycles. The molecule has 0 fully saturated rings. The van der Waals surface area contributed by atoms with Crippen molar-refractivity contribution in [3.05, 3.63) is 58.6 Å². The van der Waals surface area contributed by atoms with Gasteiger partial charge in [0, 0.05) is 12.2 Å². The van der Waals surface area contributed by atoms with Crippen LogP contribution in [0, 0.1) is 0 Å². The van der Waals surface area contributed by atoms with Crippen molar-refractivity contribution in [2.75, 3.05) is 23.3 Å². The number of anilines is 2. The van der Waals surface area contributed by atoms with E-state index in [9.17, 15) is 18.0 Å². The van der Waals surface area contributed by atoms with Crippen LogP contribution in [0.1, 0.15) is 17.5 Å². The Morgan fingerprint density at radius 3 is 2.72 bits per heavy atom. The highest BCUT2D eigenvalue weighted by molar-refractivity contribution is 6.33. The summed E-state index contributed by atoms with van der Waals surface area (Å²) in [5, 5.41) is 2.56. The number of carbonyl (C=O) groups is 1. The Labute approximate surface area is 148 Å². The number of hydrogen-bond donors (Lipinski definition) is 1. The van der Waals surface area contributed by atoms with Crippen LogP contribution in [0.4, 0.5) is 24.5 Å². The lowest BCUT2D eigenvalue weighted by atomic mass is 10.0. The van der Waals surface area contributed by atoms with Crippen LogP contribution < -0.4 is 10.2 Å². The predicted molar refractivity (Wildman–Crippen MR) is 92.1 cm³/mol. The molecule has 1 aliphatic heterocycles. The zero-order valence-electron chi connectivity index (χ0n) is 13.2. The maximum Gasteiger partial charge on any atom is 0.416 e. The van der Waals surface area contributed by atoms with E-state index < -0.39 is 17.6 Å². The van der Waals surface area contributed by atoms with E-state index in [1.165, 1.54) is 5.56 Å². The zero-order chi connectivity index (χ0) is 18.0. The van der Waals surface area contributed by atoms with Gasteiger partial charge in [0.1, 0.15) is 0 Å². The van der Waals surface area contributed by atoms with Gasteiger partial charge in [0.05, 0.1) is 22.8 Å². The van der Waals surface area contributed by atoms with Crippen molar-refractivity contribution >= 4 is 28.9 Å². The minimum Gasteiger partial charge on any atom is -0.362 e. The second-order valence-corrected chi connectivity index (χ2v) is 6.30. The van der Waals surface area contributed by atoms with E-state index in [-0.39, 0.29) is 17.3 Å². The van der Waals surface area contributed by atoms with E-state index in [0.717, 1.165) is 43.3 Å². The lowest BCUT2D eigenvalue weighted by molar-refractivity contribution is -0.137. The molecule has 2 aromatic rings. The lowest BCUT2D eigenvalue weighted by Crippen LogP contribution is -2.36. The van der Waals surface area contributed by atoms with Crippen LogP contribution >= 0.6 is 11.6 Å². The van der Waals surface area contributed by atoms with E-state index >= 15 is 0 Å². The Kier molecular flexibility index (Phi) is 4.90. The molecule has 7 heteroatoms. The fourth-order valence-corrected chi connectivity index (χ4v) is 3.10. The van der Waals surface area contributed by atoms with Crippen LogP contribution in [0.25, 0.3) is 0 Å². The largest absolute Gasteiger partial charge is 0.416 e. The van der Waals surface area contributed by atoms with E-state index in [4.69, 9.17) is 11.6 Å². The molecular formula is C18H16ClF3N2O. The Hall–Kier alpha value is -2.21. The molecule has 0 saturated heterocycles. The fraction of sp³-hybridized carbons (Fsp3) is 0.278. The second kappa shape index (κ2) is 6.96. The van der Waals surface area contributed by atoms with E-state index in [0.29, 0.717) is 0 Å². The summed E-state index contributed by atoms with van der Waals surface area (Å²) in [6.45, 7) is 0.782. The van der Waals surface area contributed by atoms with Gasteiger partial charge in [-0.2, -0.15) is 13.2 Å². The number of benzene rings is 2. The van der Waals surface area contributed by atoms with Gasteiger partial charge >= 0.3 is 6.18 Å². The quantitative estimate of drug-likeness (QED) is 0.848. The lowest BCUT2D eigenvalue weighted by Gasteiger charge is -2.30. The molecule has 1 heterocycles. The van der Waals surface area contributed by atoms with Gasteiger partial charge < -0.3 is 10.2 Å². The molecule has 132 valence electrons. The van der Waals surface area contributed by atoms with Crippen molar-refractivity contribution in [1.82, 2.24) is 0 Å². The van der Waals surface area contributed by atoms with E-state index in [1.807, 2.05) is 29.2 Å². The van der Waals surface area contributed by atoms with Crippen LogP contribution in [0.5, 0.6) is 0 Å². The Morgan fingerprint density at radius 2 is 1.96 bits per heavy atom. The fourth-order valence-electron chi connectivity index (χ4n) is 2.94. The van der Waals surface area contributed by atoms with Crippen molar-refractivity contribution in [2.24, 2.45) is 0 Å². The molecule has 3 rings (SSSR count). The first-order valence-corrected chi connectivity index (χ1v) is 8.22. The number of rotatable bonds is 3. The van der Waals surface area contributed by atoms with Gasteiger partial charge in [-0.1, -0.05) is 29.8 Å². The Balaban J connectivity index is 1.74. The summed E-state index contributed by atoms with van der Waals surface area (Å²) < 4.78 is 38.4. The molecule has 3 nitrogen and oxygen atoms in total. The highest BCUT2D eigenvalue weighted by Gasteiger charge is 2.31. The maximum atomic E-state index is 12.8. The second-order valence-electron chi connectivity index (χ2n) is 5.89. The first kappa shape index (κ1) is 17.6. The highest BCUT2D eigenvalue weighted by Crippen LogP contribution is 2.34. The maximum absolute atomic E-state index is 12.8. The van der Waals surface area contributed by atoms with Crippen molar-refractivity contribution in [2.45, 2.75) is 19.0 Å². The summed E-state index contributed by atoms with van der Waals surface area (Å²) in [4.78, 5) is 14.2. The van der Waals surface area contributed by atoms with Crippen LogP contribution in [0.3, 0.4) is 0 Å². The van der Waals surface area contributed by atoms with Crippen molar-refractivity contribution in [3.8, 4) is 0 Å². The summed E-state index contributed by atoms with van der Waals surface area (Å²) in [6, 6.07) is 10.7. The summed E-state index contributed by atoms with van der Waals surface area (Å²) in [6.07, 6.45) is -2.61. The van der Waals surface area contributed by atoms with Gasteiger partial charge in [-0.05, 0) is 42.7 Å². The summed E-state index contributed by atoms with van der Waals surface area (Å²) in [5.74, 6) is -0.405. The number of fused-ring (bicyclic) bond motifs is 1. The molecule has 0 radical (unpaired) electrons. The molecule has 0 aromatic heterocycles. The number of nitrogens with zero attached hydrogens (tertiary/aromatic N) is 1. The first-order valence-electron chi connectivity index (χ1n) is 7.84. The van der Waals surface area contributed by atoms with Crippen molar-refractivity contribution in [3.63, 3.8) is 0 Å². The molecule has 0 spiro atoms. The van der Waals surface area contributed by atoms with Crippen LogP contribution in [-0.2, 0) is 17.4 Å². The monoisotopic (exact) mass is 368 g/mol. The molecule has 0 aliphatic carbocycles. The van der Waals surface area contributed by atoms with Gasteiger partial charge in [0.2, 0.25) is 5.91 Å². The third kappa shape index (κ3) is 4.07. The van der Waals surface area contributed by atoms with Crippen LogP contribution in [0.2, 0.25) is 5.02 Å². The van der Waals surface area contributed by atoms with Crippen LogP contribution in [0.15, 0.2) is 42.5 Å². The first-order chi connectivity index (χ1) is 11.8. The summed E-state index contributed by atoms with van der Waals surface area (Å²) >= 11 is 5.92. The van der Waals surface area contributed by atoms with Gasteiger partial charge in [-0.3, -0.25) is 4.79 Å². The highest BCUT2D eigenvalue weighted by atomic mass is 35.5. The number of carbonyl (C=O) groups excluding carboxylic acids is 1. The normalized spacial score (nSPS) is 14.2. The average Bonchev–Trinajstić information content (AvgIpc) is 2.56. The Morgan fingerprint density at radius 1 is 1.20 bits per heavy atom. The van der Waals surface area contributed by atoms with Crippen molar-refractivity contribution in [1.29, 1.82) is 0 Å². The number of para-hydroxylation sites is 1. The van der Waals surface area contributed by atoms with Crippen molar-refractivity contribution < 1.29 is 18.0 Å². The van der Waals surface area contributed by atoms with E-state index in [1.54, 1.807) is 0 Å². The average molecular weight is 369 g/mol. The minimum atomic E-state index is -4.49. The van der Waals surface area contributed by atoms with Gasteiger partial charge in [0.15, 0.2) is 0 Å². The molecule has 25 heavy (non-hydrogen) atoms. The number of halogens is 4. The third-order valence-electron chi connectivity index (χ3n) is 4.11. The van der Waals surface area contributed by atoms with Gasteiger partial charge in [-0.15, -0.1) is 0 Å². The smallest absolute Gasteiger partial charge is 0.362 e. The van der Waals surface area contributed by atoms with Gasteiger partial charge in [-0.25, -0.2) is 0 Å². The van der Waals surface area contributed by atoms with Gasteiger partial charge in [0.25, 0.3) is 0 Å². The molecule has 1 amide bonds. The molecular weight excluding hydrogens is 353 g/mol. The molecule has 0 atom stereocenters. The number of aryl methyl sites for hydroxylation is 1. The number of alkyl halides is 3. The number of nitrogens with one attached hydrogen (secondary N) is 1. The summed E-state index contributed by atoms with van der Waals surface area (Å²) in [5.41, 5.74) is 1.26. The molecule has 2 aromatic carbocycles. The number of amides is 1. The summed E-state index contributed by atoms with van der Waals surface area (Å²) in [7, 11) is 0. The predicted octanol–water partition coefficient (Wildman–Crippen LogP) is 4.75. The molecule has 1 N–H and O–H groups in total. The Bertz CT molecular complexity index is 792. The third-order valence-corrected chi connectivity index (χ3v) is 4.44. The molecule has 0 unspecified atom stereocenters. The minimum absolute atomic E-state index is 0.0354. The zero-order valence-corrected chi connectivity index (χ0v) is 14.0. The number of hydrogen-bond acceptors (Lipinski definition) is 2. The standard InChI is InChI=1S/C18H16ClF3N2O/c19-14-8-7-13(18(20,21)22)10-15(14)23-17(25)11-24-9-3-5-12-4-1-2-6-16(12)24/h1-2,4,6-8,10H,3,5,9,11H2,(H,23,25). The molecule has 0 bridgehead atoms. The van der Waals surface area contributed by atoms with Crippen LogP contribution in [-0.4, -0.2) is 19.0 Å². The molecule has 1 aliphatic rings. The topological polar surface area (TPSA) is 32.3 Å².